The van der Waals surface area contributed by atoms with Crippen molar-refractivity contribution in [2.75, 3.05) is 5.73 Å². The van der Waals surface area contributed by atoms with Crippen LogP contribution in [0.1, 0.15) is 50.7 Å². The SMILES string of the molecule is Cc1c(-c2cc3c(s2)CNC3)cc(N)n2c(=O)c(C(=O)O)cc(C3CC3)c12. The average molecular weight is 381 g/mol. The van der Waals surface area contributed by atoms with Gasteiger partial charge in [0, 0.05) is 28.4 Å². The summed E-state index contributed by atoms with van der Waals surface area (Å²) >= 11 is 1.75. The molecule has 0 bridgehead atoms. The third-order valence-corrected chi connectivity index (χ3v) is 6.76. The number of hydrogen-bond acceptors (Lipinski definition) is 5. The van der Waals surface area contributed by atoms with Crippen molar-refractivity contribution in [1.82, 2.24) is 9.72 Å². The predicted octanol–water partition coefficient (Wildman–Crippen LogP) is 3.10. The maximum Gasteiger partial charge on any atom is 0.341 e. The van der Waals surface area contributed by atoms with Crippen LogP contribution < -0.4 is 16.6 Å². The van der Waals surface area contributed by atoms with E-state index < -0.39 is 11.5 Å². The number of nitrogen functional groups attached to an aromatic ring is 1. The molecular weight excluding hydrogens is 362 g/mol. The van der Waals surface area contributed by atoms with Crippen LogP contribution in [0.15, 0.2) is 23.0 Å². The zero-order valence-corrected chi connectivity index (χ0v) is 15.7. The maximum absolute atomic E-state index is 12.8. The molecule has 1 saturated carbocycles. The molecular formula is C20H19N3O3S. The van der Waals surface area contributed by atoms with Gasteiger partial charge in [-0.1, -0.05) is 0 Å². The van der Waals surface area contributed by atoms with Crippen LogP contribution in [0.25, 0.3) is 16.0 Å². The van der Waals surface area contributed by atoms with E-state index in [-0.39, 0.29) is 11.4 Å². The van der Waals surface area contributed by atoms with Gasteiger partial charge in [-0.3, -0.25) is 9.20 Å². The summed E-state index contributed by atoms with van der Waals surface area (Å²) in [5.41, 5.74) is 10.5. The maximum atomic E-state index is 12.8. The van der Waals surface area contributed by atoms with E-state index in [0.717, 1.165) is 53.0 Å². The molecule has 27 heavy (non-hydrogen) atoms. The van der Waals surface area contributed by atoms with Crippen molar-refractivity contribution in [2.45, 2.75) is 38.8 Å². The molecule has 0 unspecified atom stereocenters. The highest BCUT2D eigenvalue weighted by atomic mass is 32.1. The molecule has 3 aromatic rings. The minimum absolute atomic E-state index is 0.213. The van der Waals surface area contributed by atoms with Gasteiger partial charge in [-0.25, -0.2) is 4.79 Å². The van der Waals surface area contributed by atoms with Crippen LogP contribution in [0.4, 0.5) is 5.82 Å². The van der Waals surface area contributed by atoms with Crippen molar-refractivity contribution in [3.63, 3.8) is 0 Å². The van der Waals surface area contributed by atoms with Crippen molar-refractivity contribution in [3.8, 4) is 10.4 Å². The highest BCUT2D eigenvalue weighted by molar-refractivity contribution is 7.15. The fraction of sp³-hybridized carbons (Fsp3) is 0.300. The van der Waals surface area contributed by atoms with Crippen molar-refractivity contribution >= 4 is 28.6 Å². The zero-order valence-electron chi connectivity index (χ0n) is 14.8. The molecule has 1 aliphatic heterocycles. The molecule has 0 amide bonds. The Bertz CT molecular complexity index is 1170. The number of carboxylic acid groups (broad SMARTS) is 1. The second-order valence-electron chi connectivity index (χ2n) is 7.35. The smallest absolute Gasteiger partial charge is 0.341 e. The number of aromatic carboxylic acids is 1. The van der Waals surface area contributed by atoms with Crippen LogP contribution in [0.3, 0.4) is 0 Å². The van der Waals surface area contributed by atoms with Gasteiger partial charge >= 0.3 is 5.97 Å². The number of hydrogen-bond donors (Lipinski definition) is 3. The summed E-state index contributed by atoms with van der Waals surface area (Å²) in [5, 5.41) is 12.8. The lowest BCUT2D eigenvalue weighted by Crippen LogP contribution is -2.25. The number of nitrogens with two attached hydrogens (primary N) is 1. The van der Waals surface area contributed by atoms with Crippen LogP contribution in [0.5, 0.6) is 0 Å². The summed E-state index contributed by atoms with van der Waals surface area (Å²) in [6.07, 6.45) is 2.02. The first kappa shape index (κ1) is 16.5. The lowest BCUT2D eigenvalue weighted by Gasteiger charge is -2.17. The number of rotatable bonds is 3. The van der Waals surface area contributed by atoms with Gasteiger partial charge in [-0.2, -0.15) is 0 Å². The summed E-state index contributed by atoms with van der Waals surface area (Å²) in [4.78, 5) is 26.8. The summed E-state index contributed by atoms with van der Waals surface area (Å²) in [6.45, 7) is 3.76. The number of anilines is 1. The highest BCUT2D eigenvalue weighted by Crippen LogP contribution is 2.45. The van der Waals surface area contributed by atoms with Crippen LogP contribution in [0.2, 0.25) is 0 Å². The van der Waals surface area contributed by atoms with E-state index >= 15 is 0 Å². The van der Waals surface area contributed by atoms with Crippen LogP contribution in [0, 0.1) is 6.92 Å². The Hall–Kier alpha value is -2.64. The summed E-state index contributed by atoms with van der Waals surface area (Å²) < 4.78 is 1.39. The van der Waals surface area contributed by atoms with Gasteiger partial charge in [-0.05, 0) is 60.6 Å². The number of pyridine rings is 2. The fourth-order valence-electron chi connectivity index (χ4n) is 4.04. The Morgan fingerprint density at radius 1 is 1.30 bits per heavy atom. The largest absolute Gasteiger partial charge is 0.477 e. The van der Waals surface area contributed by atoms with Crippen LogP contribution >= 0.6 is 11.3 Å². The Balaban J connectivity index is 1.84. The Morgan fingerprint density at radius 2 is 2.07 bits per heavy atom. The molecule has 4 heterocycles. The summed E-state index contributed by atoms with van der Waals surface area (Å²) in [6, 6.07) is 5.56. The molecule has 3 aromatic heterocycles. The molecule has 0 aromatic carbocycles. The molecule has 6 nitrogen and oxygen atoms in total. The predicted molar refractivity (Wildman–Crippen MR) is 106 cm³/mol. The van der Waals surface area contributed by atoms with Crippen LogP contribution in [-0.4, -0.2) is 15.5 Å². The van der Waals surface area contributed by atoms with Crippen molar-refractivity contribution < 1.29 is 9.90 Å². The first-order chi connectivity index (χ1) is 13.0. The Kier molecular flexibility index (Phi) is 3.47. The second-order valence-corrected chi connectivity index (χ2v) is 8.49. The van der Waals surface area contributed by atoms with E-state index in [0.29, 0.717) is 5.92 Å². The van der Waals surface area contributed by atoms with Crippen LogP contribution in [-0.2, 0) is 13.1 Å². The summed E-state index contributed by atoms with van der Waals surface area (Å²) in [5.74, 6) is -0.628. The monoisotopic (exact) mass is 381 g/mol. The van der Waals surface area contributed by atoms with Crippen molar-refractivity contribution in [1.29, 1.82) is 0 Å². The van der Waals surface area contributed by atoms with Gasteiger partial charge in [0.15, 0.2) is 0 Å². The van der Waals surface area contributed by atoms with Gasteiger partial charge in [0.2, 0.25) is 0 Å². The first-order valence-electron chi connectivity index (χ1n) is 9.00. The zero-order chi connectivity index (χ0) is 18.9. The van der Waals surface area contributed by atoms with E-state index in [2.05, 4.69) is 11.4 Å². The molecule has 0 saturated heterocycles. The minimum Gasteiger partial charge on any atom is -0.477 e. The van der Waals surface area contributed by atoms with Gasteiger partial charge < -0.3 is 16.2 Å². The quantitative estimate of drug-likeness (QED) is 0.648. The number of thiophene rings is 1. The lowest BCUT2D eigenvalue weighted by molar-refractivity contribution is 0.0694. The van der Waals surface area contributed by atoms with E-state index in [1.807, 2.05) is 6.92 Å². The number of nitrogens with one attached hydrogen (secondary N) is 1. The van der Waals surface area contributed by atoms with E-state index in [1.165, 1.54) is 14.8 Å². The molecule has 5 rings (SSSR count). The fourth-order valence-corrected chi connectivity index (χ4v) is 5.26. The van der Waals surface area contributed by atoms with Gasteiger partial charge in [0.25, 0.3) is 5.56 Å². The lowest BCUT2D eigenvalue weighted by atomic mass is 9.99. The Labute approximate surface area is 159 Å². The number of carbonyl (C=O) groups is 1. The normalized spacial score (nSPS) is 16.0. The van der Waals surface area contributed by atoms with Gasteiger partial charge in [0.05, 0.1) is 5.52 Å². The third-order valence-electron chi connectivity index (χ3n) is 5.55. The molecule has 138 valence electrons. The molecule has 7 heteroatoms. The van der Waals surface area contributed by atoms with E-state index in [4.69, 9.17) is 5.73 Å². The van der Waals surface area contributed by atoms with E-state index in [1.54, 1.807) is 23.5 Å². The molecule has 1 fully saturated rings. The highest BCUT2D eigenvalue weighted by Gasteiger charge is 2.30. The van der Waals surface area contributed by atoms with Gasteiger partial charge in [0.1, 0.15) is 11.4 Å². The van der Waals surface area contributed by atoms with Crippen molar-refractivity contribution in [2.24, 2.45) is 0 Å². The number of fused-ring (bicyclic) bond motifs is 2. The molecule has 0 spiro atoms. The third kappa shape index (κ3) is 2.42. The number of carboxylic acids is 1. The molecule has 4 N–H and O–H groups in total. The van der Waals surface area contributed by atoms with Crippen molar-refractivity contribution in [3.05, 3.63) is 55.7 Å². The average Bonchev–Trinajstić information content (AvgIpc) is 3.24. The summed E-state index contributed by atoms with van der Waals surface area (Å²) in [7, 11) is 0. The number of nitrogens with zero attached hydrogens (tertiary/aromatic N) is 1. The Morgan fingerprint density at radius 3 is 2.74 bits per heavy atom. The van der Waals surface area contributed by atoms with Gasteiger partial charge in [-0.15, -0.1) is 11.3 Å². The molecule has 1 aliphatic carbocycles. The molecule has 2 aliphatic rings. The first-order valence-corrected chi connectivity index (χ1v) is 9.82. The number of aromatic nitrogens is 1. The minimum atomic E-state index is -1.21. The van der Waals surface area contributed by atoms with E-state index in [9.17, 15) is 14.7 Å². The number of aryl methyl sites for hydroxylation is 1. The molecule has 0 radical (unpaired) electrons. The standard InChI is InChI=1S/C20H19N3O3S/c1-9-12(15-4-11-7-22-8-16(11)27-15)6-17(21)23-18(9)13(10-2-3-10)5-14(19(23)24)20(25)26/h4-6,10,22H,2-3,7-8,21H2,1H3,(H,25,26). The second kappa shape index (κ2) is 5.68. The topological polar surface area (TPSA) is 96.8 Å². The molecule has 0 atom stereocenters.